The van der Waals surface area contributed by atoms with Crippen molar-refractivity contribution in [3.8, 4) is 0 Å². The quantitative estimate of drug-likeness (QED) is 0.769. The van der Waals surface area contributed by atoms with Gasteiger partial charge in [-0.15, -0.1) is 0 Å². The zero-order chi connectivity index (χ0) is 8.27. The second-order valence-corrected chi connectivity index (χ2v) is 3.15. The van der Waals surface area contributed by atoms with E-state index in [0.717, 1.165) is 16.6 Å². The average Bonchev–Trinajstić information content (AvgIpc) is 2.05. The normalized spacial score (nSPS) is 13.0. The van der Waals surface area contributed by atoms with E-state index in [1.165, 1.54) is 0 Å². The van der Waals surface area contributed by atoms with Crippen LogP contribution < -0.4 is 0 Å². The van der Waals surface area contributed by atoms with Gasteiger partial charge >= 0.3 is 0 Å². The molecule has 1 rings (SSSR count). The molecule has 0 amide bonds. The molecule has 2 nitrogen and oxygen atoms in total. The van der Waals surface area contributed by atoms with Crippen LogP contribution in [0.15, 0.2) is 22.9 Å². The Hall–Kier alpha value is -0.410. The fourth-order valence-corrected chi connectivity index (χ4v) is 1.05. The van der Waals surface area contributed by atoms with Crippen molar-refractivity contribution in [3.63, 3.8) is 0 Å². The molecule has 0 spiro atoms. The molecule has 1 heterocycles. The Morgan fingerprint density at radius 2 is 2.36 bits per heavy atom. The minimum atomic E-state index is -0.379. The number of halogens is 1. The second-order valence-electron chi connectivity index (χ2n) is 2.34. The van der Waals surface area contributed by atoms with Crippen LogP contribution in [-0.4, -0.2) is 10.1 Å². The molecule has 0 unspecified atom stereocenters. The average molecular weight is 216 g/mol. The van der Waals surface area contributed by atoms with E-state index in [1.54, 1.807) is 6.20 Å². The molecule has 1 N–H and O–H groups in total. The van der Waals surface area contributed by atoms with Crippen LogP contribution in [0.4, 0.5) is 0 Å². The standard InChI is InChI=1S/C8H10BrNO/c1-2-7(11)6-3-4-8(9)10-5-6/h3-5,7,11H,2H2,1H3/t7-/m1/s1. The number of rotatable bonds is 2. The topological polar surface area (TPSA) is 33.1 Å². The van der Waals surface area contributed by atoms with E-state index in [9.17, 15) is 5.11 Å². The summed E-state index contributed by atoms with van der Waals surface area (Å²) in [4.78, 5) is 4.00. The molecule has 0 aliphatic carbocycles. The number of nitrogens with zero attached hydrogens (tertiary/aromatic N) is 1. The maximum Gasteiger partial charge on any atom is 0.106 e. The first-order chi connectivity index (χ1) is 5.24. The summed E-state index contributed by atoms with van der Waals surface area (Å²) in [6.45, 7) is 1.94. The highest BCUT2D eigenvalue weighted by Crippen LogP contribution is 2.16. The first-order valence-electron chi connectivity index (χ1n) is 3.53. The molecule has 60 valence electrons. The largest absolute Gasteiger partial charge is 0.388 e. The summed E-state index contributed by atoms with van der Waals surface area (Å²) in [5, 5.41) is 9.36. The third kappa shape index (κ3) is 2.27. The highest BCUT2D eigenvalue weighted by Gasteiger charge is 2.03. The van der Waals surface area contributed by atoms with Crippen molar-refractivity contribution < 1.29 is 5.11 Å². The van der Waals surface area contributed by atoms with Gasteiger partial charge in [0.05, 0.1) is 6.10 Å². The van der Waals surface area contributed by atoms with E-state index in [0.29, 0.717) is 0 Å². The third-order valence-electron chi connectivity index (χ3n) is 1.52. The lowest BCUT2D eigenvalue weighted by molar-refractivity contribution is 0.173. The van der Waals surface area contributed by atoms with Gasteiger partial charge in [-0.25, -0.2) is 4.98 Å². The number of hydrogen-bond acceptors (Lipinski definition) is 2. The molecule has 1 atom stereocenters. The lowest BCUT2D eigenvalue weighted by Gasteiger charge is -2.05. The van der Waals surface area contributed by atoms with Crippen LogP contribution in [-0.2, 0) is 0 Å². The van der Waals surface area contributed by atoms with Crippen LogP contribution in [0.25, 0.3) is 0 Å². The fourth-order valence-electron chi connectivity index (χ4n) is 0.820. The maximum atomic E-state index is 9.36. The first-order valence-corrected chi connectivity index (χ1v) is 4.33. The molecule has 0 saturated heterocycles. The molecule has 1 aromatic rings. The molecule has 0 saturated carbocycles. The SMILES string of the molecule is CC[C@@H](O)c1ccc(Br)nc1. The highest BCUT2D eigenvalue weighted by molar-refractivity contribution is 9.10. The third-order valence-corrected chi connectivity index (χ3v) is 1.99. The molecule has 0 aliphatic heterocycles. The summed E-state index contributed by atoms with van der Waals surface area (Å²) in [5.74, 6) is 0. The van der Waals surface area contributed by atoms with Crippen molar-refractivity contribution in [3.05, 3.63) is 28.5 Å². The Balaban J connectivity index is 2.81. The molecule has 1 aromatic heterocycles. The smallest absolute Gasteiger partial charge is 0.106 e. The van der Waals surface area contributed by atoms with Gasteiger partial charge in [-0.3, -0.25) is 0 Å². The number of aromatic nitrogens is 1. The van der Waals surface area contributed by atoms with E-state index in [1.807, 2.05) is 19.1 Å². The van der Waals surface area contributed by atoms with Crippen LogP contribution in [0.1, 0.15) is 25.0 Å². The highest BCUT2D eigenvalue weighted by atomic mass is 79.9. The summed E-state index contributed by atoms with van der Waals surface area (Å²) in [6.07, 6.45) is 2.03. The van der Waals surface area contributed by atoms with Gasteiger partial charge in [-0.2, -0.15) is 0 Å². The van der Waals surface area contributed by atoms with E-state index in [-0.39, 0.29) is 6.10 Å². The lowest BCUT2D eigenvalue weighted by Crippen LogP contribution is -1.95. The molecule has 0 bridgehead atoms. The Bertz CT molecular complexity index is 222. The van der Waals surface area contributed by atoms with Gasteiger partial charge in [0.1, 0.15) is 4.60 Å². The summed E-state index contributed by atoms with van der Waals surface area (Å²) in [7, 11) is 0. The number of hydrogen-bond donors (Lipinski definition) is 1. The number of aliphatic hydroxyl groups is 1. The van der Waals surface area contributed by atoms with Crippen LogP contribution >= 0.6 is 15.9 Å². The summed E-state index contributed by atoms with van der Waals surface area (Å²) in [5.41, 5.74) is 0.871. The van der Waals surface area contributed by atoms with Gasteiger partial charge in [-0.1, -0.05) is 13.0 Å². The van der Waals surface area contributed by atoms with Gasteiger partial charge in [0.15, 0.2) is 0 Å². The molecular formula is C8H10BrNO. The Morgan fingerprint density at radius 3 is 2.82 bits per heavy atom. The van der Waals surface area contributed by atoms with Crippen LogP contribution in [0.2, 0.25) is 0 Å². The summed E-state index contributed by atoms with van der Waals surface area (Å²) < 4.78 is 0.796. The number of pyridine rings is 1. The predicted molar refractivity (Wildman–Crippen MR) is 47.2 cm³/mol. The zero-order valence-electron chi connectivity index (χ0n) is 6.29. The summed E-state index contributed by atoms with van der Waals surface area (Å²) in [6, 6.07) is 3.69. The van der Waals surface area contributed by atoms with E-state index in [4.69, 9.17) is 0 Å². The van der Waals surface area contributed by atoms with E-state index in [2.05, 4.69) is 20.9 Å². The molecule has 0 fully saturated rings. The fraction of sp³-hybridized carbons (Fsp3) is 0.375. The molecule has 0 radical (unpaired) electrons. The van der Waals surface area contributed by atoms with E-state index >= 15 is 0 Å². The molecular weight excluding hydrogens is 206 g/mol. The minimum Gasteiger partial charge on any atom is -0.388 e. The van der Waals surface area contributed by atoms with E-state index < -0.39 is 0 Å². The van der Waals surface area contributed by atoms with Crippen molar-refractivity contribution in [2.24, 2.45) is 0 Å². The van der Waals surface area contributed by atoms with Gasteiger partial charge < -0.3 is 5.11 Å². The van der Waals surface area contributed by atoms with Crippen LogP contribution in [0, 0.1) is 0 Å². The summed E-state index contributed by atoms with van der Waals surface area (Å²) >= 11 is 3.22. The molecule has 3 heteroatoms. The van der Waals surface area contributed by atoms with Crippen molar-refractivity contribution in [2.75, 3.05) is 0 Å². The van der Waals surface area contributed by atoms with Gasteiger partial charge in [-0.05, 0) is 34.0 Å². The Morgan fingerprint density at radius 1 is 1.64 bits per heavy atom. The zero-order valence-corrected chi connectivity index (χ0v) is 7.87. The lowest BCUT2D eigenvalue weighted by atomic mass is 10.1. The monoisotopic (exact) mass is 215 g/mol. The van der Waals surface area contributed by atoms with Crippen LogP contribution in [0.5, 0.6) is 0 Å². The van der Waals surface area contributed by atoms with Crippen molar-refractivity contribution in [1.82, 2.24) is 4.98 Å². The van der Waals surface area contributed by atoms with Crippen LogP contribution in [0.3, 0.4) is 0 Å². The van der Waals surface area contributed by atoms with Gasteiger partial charge in [0.25, 0.3) is 0 Å². The number of aliphatic hydroxyl groups excluding tert-OH is 1. The molecule has 0 aliphatic rings. The Labute approximate surface area is 74.4 Å². The first kappa shape index (κ1) is 8.68. The van der Waals surface area contributed by atoms with Crippen molar-refractivity contribution in [1.29, 1.82) is 0 Å². The Kier molecular flexibility index (Phi) is 3.02. The maximum absolute atomic E-state index is 9.36. The van der Waals surface area contributed by atoms with Crippen molar-refractivity contribution in [2.45, 2.75) is 19.4 Å². The van der Waals surface area contributed by atoms with Gasteiger partial charge in [0.2, 0.25) is 0 Å². The predicted octanol–water partition coefficient (Wildman–Crippen LogP) is 2.29. The van der Waals surface area contributed by atoms with Gasteiger partial charge in [0, 0.05) is 6.20 Å². The molecule has 0 aromatic carbocycles. The molecule has 11 heavy (non-hydrogen) atoms. The second kappa shape index (κ2) is 3.83. The minimum absolute atomic E-state index is 0.379. The van der Waals surface area contributed by atoms with Crippen molar-refractivity contribution >= 4 is 15.9 Å².